The zero-order valence-corrected chi connectivity index (χ0v) is 10.5. The Morgan fingerprint density at radius 2 is 2.12 bits per heavy atom. The Bertz CT molecular complexity index is 420. The second kappa shape index (κ2) is 4.09. The third kappa shape index (κ3) is 2.76. The van der Waals surface area contributed by atoms with Gasteiger partial charge in [-0.2, -0.15) is 0 Å². The van der Waals surface area contributed by atoms with E-state index in [2.05, 4.69) is 24.2 Å². The molecule has 4 heteroatoms. The summed E-state index contributed by atoms with van der Waals surface area (Å²) in [5.41, 5.74) is 1.65. The number of aliphatic imine (C=N–C) groups is 1. The maximum absolute atomic E-state index is 13.2. The molecule has 0 aliphatic carbocycles. The van der Waals surface area contributed by atoms with Gasteiger partial charge in [-0.25, -0.2) is 4.39 Å². The van der Waals surface area contributed by atoms with E-state index in [1.165, 1.54) is 12.1 Å². The minimum absolute atomic E-state index is 0.0185. The quantitative estimate of drug-likeness (QED) is 0.810. The standard InChI is InChI=1S/C12H15FN2S/c1-8-4-9(13)6-10(5-8)14-11-15-12(2,3)7-16-11/h4-6H,7H2,1-3H3,(H,14,15). The number of rotatable bonds is 1. The van der Waals surface area contributed by atoms with Crippen LogP contribution in [0, 0.1) is 12.7 Å². The van der Waals surface area contributed by atoms with Crippen molar-refractivity contribution in [3.05, 3.63) is 29.6 Å². The Morgan fingerprint density at radius 1 is 1.38 bits per heavy atom. The highest BCUT2D eigenvalue weighted by molar-refractivity contribution is 8.14. The van der Waals surface area contributed by atoms with Crippen molar-refractivity contribution in [3.63, 3.8) is 0 Å². The van der Waals surface area contributed by atoms with Gasteiger partial charge in [0, 0.05) is 11.4 Å². The van der Waals surface area contributed by atoms with Crippen molar-refractivity contribution in [2.24, 2.45) is 4.99 Å². The molecule has 0 atom stereocenters. The maximum atomic E-state index is 13.2. The van der Waals surface area contributed by atoms with Crippen LogP contribution in [0.1, 0.15) is 19.4 Å². The van der Waals surface area contributed by atoms with Crippen LogP contribution in [0.25, 0.3) is 0 Å². The predicted molar refractivity (Wildman–Crippen MR) is 68.7 cm³/mol. The highest BCUT2D eigenvalue weighted by atomic mass is 32.2. The Kier molecular flexibility index (Phi) is 2.93. The fraction of sp³-hybridized carbons (Fsp3) is 0.417. The van der Waals surface area contributed by atoms with E-state index in [4.69, 9.17) is 0 Å². The second-order valence-corrected chi connectivity index (χ2v) is 5.62. The van der Waals surface area contributed by atoms with E-state index < -0.39 is 0 Å². The van der Waals surface area contributed by atoms with Gasteiger partial charge in [-0.05, 0) is 44.5 Å². The molecule has 1 aromatic carbocycles. The molecule has 0 saturated heterocycles. The molecule has 1 heterocycles. The third-order valence-corrected chi connectivity index (χ3v) is 3.58. The first-order chi connectivity index (χ1) is 7.44. The summed E-state index contributed by atoms with van der Waals surface area (Å²) in [5.74, 6) is 0.745. The van der Waals surface area contributed by atoms with Gasteiger partial charge in [0.1, 0.15) is 5.82 Å². The zero-order chi connectivity index (χ0) is 11.8. The summed E-state index contributed by atoms with van der Waals surface area (Å²) in [5, 5.41) is 4.02. The van der Waals surface area contributed by atoms with E-state index >= 15 is 0 Å². The first-order valence-electron chi connectivity index (χ1n) is 5.21. The molecule has 1 aliphatic rings. The van der Waals surface area contributed by atoms with Crippen LogP contribution in [0.4, 0.5) is 10.1 Å². The average molecular weight is 238 g/mol. The number of hydrogen-bond acceptors (Lipinski definition) is 3. The molecular weight excluding hydrogens is 223 g/mol. The molecule has 0 aromatic heterocycles. The number of anilines is 1. The van der Waals surface area contributed by atoms with Crippen LogP contribution in [0.5, 0.6) is 0 Å². The summed E-state index contributed by atoms with van der Waals surface area (Å²) in [6, 6.07) is 4.91. The Morgan fingerprint density at radius 3 is 2.69 bits per heavy atom. The van der Waals surface area contributed by atoms with Gasteiger partial charge < -0.3 is 5.32 Å². The summed E-state index contributed by atoms with van der Waals surface area (Å²) < 4.78 is 13.2. The average Bonchev–Trinajstić information content (AvgIpc) is 2.43. The minimum Gasteiger partial charge on any atom is -0.335 e. The maximum Gasteiger partial charge on any atom is 0.161 e. The van der Waals surface area contributed by atoms with Gasteiger partial charge in [0.25, 0.3) is 0 Å². The topological polar surface area (TPSA) is 24.4 Å². The summed E-state index contributed by atoms with van der Waals surface area (Å²) in [6.07, 6.45) is 0. The number of nitrogens with one attached hydrogen (secondary N) is 1. The lowest BCUT2D eigenvalue weighted by Gasteiger charge is -2.09. The summed E-state index contributed by atoms with van der Waals surface area (Å²) in [4.78, 5) is 4.52. The third-order valence-electron chi connectivity index (χ3n) is 2.26. The van der Waals surface area contributed by atoms with Crippen molar-refractivity contribution in [1.82, 2.24) is 0 Å². The number of halogens is 1. The molecule has 2 nitrogen and oxygen atoms in total. The summed E-state index contributed by atoms with van der Waals surface area (Å²) in [6.45, 7) is 6.05. The molecule has 1 aliphatic heterocycles. The van der Waals surface area contributed by atoms with Crippen LogP contribution < -0.4 is 5.32 Å². The molecule has 0 radical (unpaired) electrons. The van der Waals surface area contributed by atoms with Gasteiger partial charge in [-0.3, -0.25) is 4.99 Å². The van der Waals surface area contributed by atoms with E-state index in [0.29, 0.717) is 0 Å². The Labute approximate surface area is 99.3 Å². The van der Waals surface area contributed by atoms with Crippen molar-refractivity contribution < 1.29 is 4.39 Å². The second-order valence-electron chi connectivity index (χ2n) is 4.66. The normalized spacial score (nSPS) is 18.4. The monoisotopic (exact) mass is 238 g/mol. The SMILES string of the molecule is Cc1cc(F)cc(NC2=NC(C)(C)CS2)c1. The first kappa shape index (κ1) is 11.5. The van der Waals surface area contributed by atoms with E-state index in [9.17, 15) is 4.39 Å². The van der Waals surface area contributed by atoms with Crippen LogP contribution in [0.3, 0.4) is 0 Å². The van der Waals surface area contributed by atoms with Gasteiger partial charge in [0.2, 0.25) is 0 Å². The molecule has 0 saturated carbocycles. The van der Waals surface area contributed by atoms with Gasteiger partial charge in [0.05, 0.1) is 5.54 Å². The molecule has 0 bridgehead atoms. The number of thioether (sulfide) groups is 1. The molecule has 1 N–H and O–H groups in total. The fourth-order valence-corrected chi connectivity index (χ4v) is 2.64. The molecule has 16 heavy (non-hydrogen) atoms. The van der Waals surface area contributed by atoms with Gasteiger partial charge >= 0.3 is 0 Å². The number of benzene rings is 1. The van der Waals surface area contributed by atoms with Crippen molar-refractivity contribution in [3.8, 4) is 0 Å². The van der Waals surface area contributed by atoms with Crippen LogP contribution in [0.15, 0.2) is 23.2 Å². The molecule has 0 amide bonds. The number of aryl methyl sites for hydroxylation is 1. The highest BCUT2D eigenvalue weighted by Gasteiger charge is 2.25. The lowest BCUT2D eigenvalue weighted by Crippen LogP contribution is -2.15. The van der Waals surface area contributed by atoms with Crippen LogP contribution in [-0.2, 0) is 0 Å². The molecule has 0 fully saturated rings. The first-order valence-corrected chi connectivity index (χ1v) is 6.20. The van der Waals surface area contributed by atoms with E-state index in [-0.39, 0.29) is 11.4 Å². The lowest BCUT2D eigenvalue weighted by atomic mass is 10.1. The number of hydrogen-bond donors (Lipinski definition) is 1. The molecule has 1 aromatic rings. The van der Waals surface area contributed by atoms with Crippen molar-refractivity contribution in [2.45, 2.75) is 26.3 Å². The summed E-state index contributed by atoms with van der Waals surface area (Å²) in [7, 11) is 0. The largest absolute Gasteiger partial charge is 0.335 e. The van der Waals surface area contributed by atoms with Gasteiger partial charge in [0.15, 0.2) is 5.17 Å². The molecule has 0 spiro atoms. The van der Waals surface area contributed by atoms with Crippen LogP contribution in [0.2, 0.25) is 0 Å². The lowest BCUT2D eigenvalue weighted by molar-refractivity contribution is 0.605. The number of nitrogens with zero attached hydrogens (tertiary/aromatic N) is 1. The molecule has 86 valence electrons. The Balaban J connectivity index is 2.16. The van der Waals surface area contributed by atoms with E-state index in [0.717, 1.165) is 22.2 Å². The molecule has 2 rings (SSSR count). The van der Waals surface area contributed by atoms with Crippen LogP contribution >= 0.6 is 11.8 Å². The van der Waals surface area contributed by atoms with Crippen molar-refractivity contribution in [2.75, 3.05) is 11.1 Å². The van der Waals surface area contributed by atoms with Crippen molar-refractivity contribution >= 4 is 22.6 Å². The van der Waals surface area contributed by atoms with E-state index in [1.54, 1.807) is 11.8 Å². The van der Waals surface area contributed by atoms with E-state index in [1.807, 2.05) is 13.0 Å². The smallest absolute Gasteiger partial charge is 0.161 e. The number of amidine groups is 1. The minimum atomic E-state index is -0.217. The Hall–Kier alpha value is -1.03. The van der Waals surface area contributed by atoms with Gasteiger partial charge in [-0.1, -0.05) is 11.8 Å². The molecular formula is C12H15FN2S. The van der Waals surface area contributed by atoms with Gasteiger partial charge in [-0.15, -0.1) is 0 Å². The highest BCUT2D eigenvalue weighted by Crippen LogP contribution is 2.28. The fourth-order valence-electron chi connectivity index (χ4n) is 1.58. The molecule has 0 unspecified atom stereocenters. The van der Waals surface area contributed by atoms with Crippen molar-refractivity contribution in [1.29, 1.82) is 0 Å². The van der Waals surface area contributed by atoms with Crippen LogP contribution in [-0.4, -0.2) is 16.5 Å². The zero-order valence-electron chi connectivity index (χ0n) is 9.67. The summed E-state index contributed by atoms with van der Waals surface area (Å²) >= 11 is 1.67. The predicted octanol–water partition coefficient (Wildman–Crippen LogP) is 3.43.